The second-order valence-electron chi connectivity index (χ2n) is 7.32. The highest BCUT2D eigenvalue weighted by Crippen LogP contribution is 2.34. The minimum atomic E-state index is 0.199. The average Bonchev–Trinajstić information content (AvgIpc) is 2.38. The third-order valence-corrected chi connectivity index (χ3v) is 4.67. The van der Waals surface area contributed by atoms with Crippen molar-refractivity contribution in [2.24, 2.45) is 0 Å². The van der Waals surface area contributed by atoms with E-state index in [4.69, 9.17) is 0 Å². The fourth-order valence-electron chi connectivity index (χ4n) is 4.18. The summed E-state index contributed by atoms with van der Waals surface area (Å²) in [6.45, 7) is 7.94. The third kappa shape index (κ3) is 3.21. The van der Waals surface area contributed by atoms with E-state index in [-0.39, 0.29) is 5.54 Å². The lowest BCUT2D eigenvalue weighted by molar-refractivity contribution is 0.0321. The fourth-order valence-corrected chi connectivity index (χ4v) is 4.18. The summed E-state index contributed by atoms with van der Waals surface area (Å²) in [5.74, 6) is 0. The number of pyridine rings is 1. The zero-order valence-corrected chi connectivity index (χ0v) is 12.9. The predicted molar refractivity (Wildman–Crippen MR) is 82.5 cm³/mol. The van der Waals surface area contributed by atoms with Crippen LogP contribution in [0.25, 0.3) is 0 Å². The lowest BCUT2D eigenvalue weighted by Gasteiger charge is -2.53. The molecule has 1 spiro atoms. The molecule has 3 heteroatoms. The van der Waals surface area contributed by atoms with Crippen molar-refractivity contribution in [1.29, 1.82) is 0 Å². The van der Waals surface area contributed by atoms with Crippen molar-refractivity contribution in [3.8, 4) is 0 Å². The van der Waals surface area contributed by atoms with Crippen molar-refractivity contribution in [3.63, 3.8) is 0 Å². The molecule has 0 radical (unpaired) electrons. The van der Waals surface area contributed by atoms with Crippen LogP contribution in [-0.4, -0.2) is 34.1 Å². The Hall–Kier alpha value is -0.930. The number of aromatic nitrogens is 1. The van der Waals surface area contributed by atoms with Crippen LogP contribution in [0.3, 0.4) is 0 Å². The Bertz CT molecular complexity index is 435. The average molecular weight is 273 g/mol. The second kappa shape index (κ2) is 5.45. The highest BCUT2D eigenvalue weighted by molar-refractivity contribution is 5.08. The van der Waals surface area contributed by atoms with Gasteiger partial charge in [-0.3, -0.25) is 9.88 Å². The van der Waals surface area contributed by atoms with Crippen LogP contribution in [0.15, 0.2) is 24.4 Å². The van der Waals surface area contributed by atoms with Crippen molar-refractivity contribution in [1.82, 2.24) is 15.2 Å². The van der Waals surface area contributed by atoms with Gasteiger partial charge in [0.1, 0.15) is 0 Å². The molecule has 2 aliphatic rings. The number of hydrogen-bond acceptors (Lipinski definition) is 3. The number of nitrogens with zero attached hydrogens (tertiary/aromatic N) is 2. The Morgan fingerprint density at radius 2 is 1.95 bits per heavy atom. The van der Waals surface area contributed by atoms with Gasteiger partial charge in [-0.2, -0.15) is 0 Å². The molecule has 0 bridgehead atoms. The first-order valence-corrected chi connectivity index (χ1v) is 7.99. The minimum Gasteiger partial charge on any atom is -0.304 e. The van der Waals surface area contributed by atoms with E-state index in [1.165, 1.54) is 44.3 Å². The van der Waals surface area contributed by atoms with E-state index in [2.05, 4.69) is 41.2 Å². The second-order valence-corrected chi connectivity index (χ2v) is 7.32. The summed E-state index contributed by atoms with van der Waals surface area (Å²) < 4.78 is 0. The zero-order valence-electron chi connectivity index (χ0n) is 12.9. The summed E-state index contributed by atoms with van der Waals surface area (Å²) in [5, 5.41) is 3.96. The molecule has 3 rings (SSSR count). The third-order valence-electron chi connectivity index (χ3n) is 4.67. The van der Waals surface area contributed by atoms with Crippen LogP contribution < -0.4 is 5.32 Å². The summed E-state index contributed by atoms with van der Waals surface area (Å²) in [6.07, 6.45) is 8.72. The van der Waals surface area contributed by atoms with Gasteiger partial charge in [-0.15, -0.1) is 0 Å². The molecular weight excluding hydrogens is 246 g/mol. The molecule has 20 heavy (non-hydrogen) atoms. The SMILES string of the molecule is CC1(C)CN(Cc2ccccn2)CC2(CCCCC2)N1. The Kier molecular flexibility index (Phi) is 3.83. The maximum atomic E-state index is 4.49. The highest BCUT2D eigenvalue weighted by atomic mass is 15.3. The Balaban J connectivity index is 1.74. The summed E-state index contributed by atoms with van der Waals surface area (Å²) in [5.41, 5.74) is 1.73. The van der Waals surface area contributed by atoms with Gasteiger partial charge in [-0.25, -0.2) is 0 Å². The molecule has 1 saturated heterocycles. The minimum absolute atomic E-state index is 0.199. The van der Waals surface area contributed by atoms with Gasteiger partial charge in [-0.1, -0.05) is 25.3 Å². The molecule has 110 valence electrons. The molecule has 0 aromatic carbocycles. The summed E-state index contributed by atoms with van der Waals surface area (Å²) >= 11 is 0. The Labute approximate surface area is 122 Å². The molecule has 3 nitrogen and oxygen atoms in total. The lowest BCUT2D eigenvalue weighted by Crippen LogP contribution is -2.69. The van der Waals surface area contributed by atoms with Gasteiger partial charge in [0.15, 0.2) is 0 Å². The zero-order chi connectivity index (χ0) is 14.1. The maximum absolute atomic E-state index is 4.49. The van der Waals surface area contributed by atoms with Crippen molar-refractivity contribution in [2.45, 2.75) is 63.6 Å². The molecule has 1 saturated carbocycles. The first-order valence-electron chi connectivity index (χ1n) is 7.99. The monoisotopic (exact) mass is 273 g/mol. The van der Waals surface area contributed by atoms with Crippen molar-refractivity contribution in [2.75, 3.05) is 13.1 Å². The van der Waals surface area contributed by atoms with Crippen LogP contribution in [0.4, 0.5) is 0 Å². The first kappa shape index (κ1) is 14.0. The molecule has 1 aliphatic carbocycles. The molecule has 0 atom stereocenters. The van der Waals surface area contributed by atoms with Crippen LogP contribution in [0.2, 0.25) is 0 Å². The Morgan fingerprint density at radius 3 is 2.65 bits per heavy atom. The van der Waals surface area contributed by atoms with Gasteiger partial charge in [-0.05, 0) is 38.8 Å². The van der Waals surface area contributed by atoms with Gasteiger partial charge < -0.3 is 5.32 Å². The van der Waals surface area contributed by atoms with Crippen LogP contribution in [0.5, 0.6) is 0 Å². The molecule has 0 unspecified atom stereocenters. The summed E-state index contributed by atoms with van der Waals surface area (Å²) in [7, 11) is 0. The molecule has 1 N–H and O–H groups in total. The van der Waals surface area contributed by atoms with Gasteiger partial charge in [0.05, 0.1) is 5.69 Å². The first-order chi connectivity index (χ1) is 9.57. The van der Waals surface area contributed by atoms with Crippen LogP contribution in [-0.2, 0) is 6.54 Å². The number of rotatable bonds is 2. The van der Waals surface area contributed by atoms with E-state index in [1.54, 1.807) is 0 Å². The molecule has 0 amide bonds. The van der Waals surface area contributed by atoms with E-state index >= 15 is 0 Å². The largest absolute Gasteiger partial charge is 0.304 e. The van der Waals surface area contributed by atoms with Crippen LogP contribution in [0, 0.1) is 0 Å². The van der Waals surface area contributed by atoms with Gasteiger partial charge >= 0.3 is 0 Å². The van der Waals surface area contributed by atoms with E-state index in [0.29, 0.717) is 5.54 Å². The summed E-state index contributed by atoms with van der Waals surface area (Å²) in [4.78, 5) is 7.09. The highest BCUT2D eigenvalue weighted by Gasteiger charge is 2.42. The molecule has 2 fully saturated rings. The molecule has 1 aromatic heterocycles. The van der Waals surface area contributed by atoms with Gasteiger partial charge in [0.2, 0.25) is 0 Å². The standard InChI is InChI=1S/C17H27N3/c1-16(2)13-20(12-15-8-4-7-11-18-15)14-17(19-16)9-5-3-6-10-17/h4,7-8,11,19H,3,5-6,9-10,12-14H2,1-2H3. The number of nitrogens with one attached hydrogen (secondary N) is 1. The van der Waals surface area contributed by atoms with Gasteiger partial charge in [0.25, 0.3) is 0 Å². The fraction of sp³-hybridized carbons (Fsp3) is 0.706. The van der Waals surface area contributed by atoms with E-state index in [9.17, 15) is 0 Å². The van der Waals surface area contributed by atoms with Crippen molar-refractivity contribution >= 4 is 0 Å². The number of hydrogen-bond donors (Lipinski definition) is 1. The van der Waals surface area contributed by atoms with Crippen molar-refractivity contribution < 1.29 is 0 Å². The normalized spacial score (nSPS) is 25.7. The van der Waals surface area contributed by atoms with E-state index in [1.807, 2.05) is 12.3 Å². The Morgan fingerprint density at radius 1 is 1.15 bits per heavy atom. The van der Waals surface area contributed by atoms with E-state index in [0.717, 1.165) is 13.1 Å². The quantitative estimate of drug-likeness (QED) is 0.898. The molecule has 1 aromatic rings. The molecule has 1 aliphatic heterocycles. The van der Waals surface area contributed by atoms with E-state index < -0.39 is 0 Å². The number of piperazine rings is 1. The summed E-state index contributed by atoms with van der Waals surface area (Å²) in [6, 6.07) is 6.22. The predicted octanol–water partition coefficient (Wildman–Crippen LogP) is 2.97. The van der Waals surface area contributed by atoms with Gasteiger partial charge in [0, 0.05) is 36.9 Å². The van der Waals surface area contributed by atoms with Crippen LogP contribution in [0.1, 0.15) is 51.6 Å². The van der Waals surface area contributed by atoms with Crippen molar-refractivity contribution in [3.05, 3.63) is 30.1 Å². The lowest BCUT2D eigenvalue weighted by atomic mass is 9.77. The topological polar surface area (TPSA) is 28.2 Å². The molecular formula is C17H27N3. The molecule has 2 heterocycles. The van der Waals surface area contributed by atoms with Crippen LogP contribution >= 0.6 is 0 Å². The smallest absolute Gasteiger partial charge is 0.0543 e. The maximum Gasteiger partial charge on any atom is 0.0543 e.